The van der Waals surface area contributed by atoms with E-state index in [4.69, 9.17) is 4.74 Å². The molecule has 202 valence electrons. The van der Waals surface area contributed by atoms with E-state index in [0.717, 1.165) is 26.6 Å². The standard InChI is InChI=1S/C29H35N3O5S/c1-20-7-13-27(14-8-20)38(35,36)32(25-16-21(2)15-22(3)17-25)19-28(33)31(23(4)29(34)30-5)18-24-9-11-26(37-6)12-10-24/h7-17,23H,18-19H2,1-6H3,(H,30,34)/t23-/m1/s1. The predicted molar refractivity (Wildman–Crippen MR) is 149 cm³/mol. The monoisotopic (exact) mass is 537 g/mol. The van der Waals surface area contributed by atoms with E-state index >= 15 is 0 Å². The Morgan fingerprint density at radius 1 is 0.895 bits per heavy atom. The molecule has 0 bridgehead atoms. The molecule has 3 rings (SSSR count). The molecule has 0 fully saturated rings. The highest BCUT2D eigenvalue weighted by molar-refractivity contribution is 7.92. The molecule has 0 spiro atoms. The summed E-state index contributed by atoms with van der Waals surface area (Å²) in [5.41, 5.74) is 3.81. The van der Waals surface area contributed by atoms with Gasteiger partial charge in [0.2, 0.25) is 11.8 Å². The lowest BCUT2D eigenvalue weighted by molar-refractivity contribution is -0.139. The largest absolute Gasteiger partial charge is 0.497 e. The number of amides is 2. The van der Waals surface area contributed by atoms with Gasteiger partial charge in [-0.05, 0) is 80.8 Å². The minimum atomic E-state index is -4.10. The highest BCUT2D eigenvalue weighted by atomic mass is 32.2. The number of ether oxygens (including phenoxy) is 1. The van der Waals surface area contributed by atoms with Crippen molar-refractivity contribution in [2.24, 2.45) is 0 Å². The summed E-state index contributed by atoms with van der Waals surface area (Å²) in [5, 5.41) is 2.58. The van der Waals surface area contributed by atoms with Crippen molar-refractivity contribution in [2.45, 2.75) is 45.2 Å². The van der Waals surface area contributed by atoms with E-state index < -0.39 is 28.5 Å². The minimum Gasteiger partial charge on any atom is -0.497 e. The molecule has 0 aliphatic carbocycles. The van der Waals surface area contributed by atoms with E-state index in [2.05, 4.69) is 5.32 Å². The number of benzene rings is 3. The first kappa shape index (κ1) is 28.7. The number of nitrogens with one attached hydrogen (secondary N) is 1. The number of likely N-dealkylation sites (N-methyl/N-ethyl adjacent to an activating group) is 1. The fraction of sp³-hybridized carbons (Fsp3) is 0.310. The zero-order chi connectivity index (χ0) is 28.0. The number of aryl methyl sites for hydroxylation is 3. The molecule has 0 saturated carbocycles. The quantitative estimate of drug-likeness (QED) is 0.422. The Balaban J connectivity index is 2.05. The summed E-state index contributed by atoms with van der Waals surface area (Å²) < 4.78 is 34.1. The molecule has 1 atom stereocenters. The van der Waals surface area contributed by atoms with Crippen LogP contribution in [-0.2, 0) is 26.2 Å². The van der Waals surface area contributed by atoms with E-state index in [-0.39, 0.29) is 17.3 Å². The molecule has 9 heteroatoms. The van der Waals surface area contributed by atoms with Gasteiger partial charge in [0.1, 0.15) is 18.3 Å². The molecule has 2 amide bonds. The molecule has 0 aliphatic rings. The maximum atomic E-state index is 13.9. The zero-order valence-electron chi connectivity index (χ0n) is 22.7. The molecule has 1 N–H and O–H groups in total. The fourth-order valence-electron chi connectivity index (χ4n) is 4.18. The van der Waals surface area contributed by atoms with Crippen LogP contribution in [0.4, 0.5) is 5.69 Å². The maximum Gasteiger partial charge on any atom is 0.264 e. The first-order valence-corrected chi connectivity index (χ1v) is 13.7. The van der Waals surface area contributed by atoms with Crippen molar-refractivity contribution < 1.29 is 22.7 Å². The van der Waals surface area contributed by atoms with Crippen LogP contribution < -0.4 is 14.4 Å². The summed E-state index contributed by atoms with van der Waals surface area (Å²) in [6.45, 7) is 6.88. The minimum absolute atomic E-state index is 0.0797. The molecular weight excluding hydrogens is 502 g/mol. The SMILES string of the molecule is CNC(=O)[C@@H](C)N(Cc1ccc(OC)cc1)C(=O)CN(c1cc(C)cc(C)c1)S(=O)(=O)c1ccc(C)cc1. The van der Waals surface area contributed by atoms with Crippen LogP contribution in [0.2, 0.25) is 0 Å². The summed E-state index contributed by atoms with van der Waals surface area (Å²) in [5.74, 6) is -0.200. The van der Waals surface area contributed by atoms with Crippen molar-refractivity contribution in [3.8, 4) is 5.75 Å². The second-order valence-corrected chi connectivity index (χ2v) is 11.2. The molecule has 3 aromatic carbocycles. The molecule has 0 aromatic heterocycles. The zero-order valence-corrected chi connectivity index (χ0v) is 23.5. The predicted octanol–water partition coefficient (Wildman–Crippen LogP) is 3.98. The van der Waals surface area contributed by atoms with Crippen LogP contribution in [0.3, 0.4) is 0 Å². The van der Waals surface area contributed by atoms with Crippen LogP contribution in [0.5, 0.6) is 5.75 Å². The third-order valence-corrected chi connectivity index (χ3v) is 8.10. The number of carbonyl (C=O) groups is 2. The van der Waals surface area contributed by atoms with E-state index in [1.54, 1.807) is 62.6 Å². The van der Waals surface area contributed by atoms with Gasteiger partial charge in [0.15, 0.2) is 0 Å². The van der Waals surface area contributed by atoms with Crippen LogP contribution >= 0.6 is 0 Å². The second kappa shape index (κ2) is 12.1. The summed E-state index contributed by atoms with van der Waals surface area (Å²) in [4.78, 5) is 27.9. The highest BCUT2D eigenvalue weighted by Gasteiger charge is 2.32. The van der Waals surface area contributed by atoms with Crippen molar-refractivity contribution in [1.82, 2.24) is 10.2 Å². The van der Waals surface area contributed by atoms with Crippen LogP contribution in [0, 0.1) is 20.8 Å². The number of anilines is 1. The van der Waals surface area contributed by atoms with E-state index in [1.807, 2.05) is 26.8 Å². The second-order valence-electron chi connectivity index (χ2n) is 9.33. The number of hydrogen-bond donors (Lipinski definition) is 1. The summed E-state index contributed by atoms with van der Waals surface area (Å²) in [6, 6.07) is 18.2. The number of rotatable bonds is 10. The lowest BCUT2D eigenvalue weighted by atomic mass is 10.1. The van der Waals surface area contributed by atoms with Gasteiger partial charge < -0.3 is 15.0 Å². The first-order chi connectivity index (χ1) is 18.0. The number of hydrogen-bond acceptors (Lipinski definition) is 5. The van der Waals surface area contributed by atoms with Gasteiger partial charge in [-0.25, -0.2) is 8.42 Å². The molecule has 38 heavy (non-hydrogen) atoms. The topological polar surface area (TPSA) is 96.0 Å². The highest BCUT2D eigenvalue weighted by Crippen LogP contribution is 2.27. The van der Waals surface area contributed by atoms with Crippen LogP contribution in [-0.4, -0.2) is 51.9 Å². The number of nitrogens with zero attached hydrogens (tertiary/aromatic N) is 2. The third-order valence-electron chi connectivity index (χ3n) is 6.31. The first-order valence-electron chi connectivity index (χ1n) is 12.3. The summed E-state index contributed by atoms with van der Waals surface area (Å²) in [6.07, 6.45) is 0. The smallest absolute Gasteiger partial charge is 0.264 e. The number of carbonyl (C=O) groups excluding carboxylic acids is 2. The van der Waals surface area contributed by atoms with Gasteiger partial charge in [0.05, 0.1) is 17.7 Å². The maximum absolute atomic E-state index is 13.9. The Morgan fingerprint density at radius 2 is 1.47 bits per heavy atom. The average Bonchev–Trinajstić information content (AvgIpc) is 2.89. The Bertz CT molecular complexity index is 1370. The Labute approximate surface area is 225 Å². The lowest BCUT2D eigenvalue weighted by Gasteiger charge is -2.32. The Hall–Kier alpha value is -3.85. The van der Waals surface area contributed by atoms with Crippen molar-refractivity contribution in [3.05, 3.63) is 89.0 Å². The molecule has 0 radical (unpaired) electrons. The molecule has 3 aromatic rings. The molecule has 0 saturated heterocycles. The van der Waals surface area contributed by atoms with Gasteiger partial charge in [-0.3, -0.25) is 13.9 Å². The average molecular weight is 538 g/mol. The molecule has 0 heterocycles. The van der Waals surface area contributed by atoms with Gasteiger partial charge in [-0.1, -0.05) is 35.9 Å². The molecular formula is C29H35N3O5S. The van der Waals surface area contributed by atoms with Crippen molar-refractivity contribution >= 4 is 27.5 Å². The molecule has 8 nitrogen and oxygen atoms in total. The lowest BCUT2D eigenvalue weighted by Crippen LogP contribution is -2.50. The van der Waals surface area contributed by atoms with Gasteiger partial charge in [0, 0.05) is 13.6 Å². The van der Waals surface area contributed by atoms with Crippen LogP contribution in [0.15, 0.2) is 71.6 Å². The fourth-order valence-corrected chi connectivity index (χ4v) is 5.58. The van der Waals surface area contributed by atoms with Crippen LogP contribution in [0.1, 0.15) is 29.2 Å². The number of sulfonamides is 1. The van der Waals surface area contributed by atoms with E-state index in [0.29, 0.717) is 11.4 Å². The van der Waals surface area contributed by atoms with Gasteiger partial charge in [-0.2, -0.15) is 0 Å². The molecule has 0 unspecified atom stereocenters. The summed E-state index contributed by atoms with van der Waals surface area (Å²) >= 11 is 0. The normalized spacial score (nSPS) is 11.9. The van der Waals surface area contributed by atoms with E-state index in [9.17, 15) is 18.0 Å². The Morgan fingerprint density at radius 3 is 2.00 bits per heavy atom. The number of methoxy groups -OCH3 is 1. The third kappa shape index (κ3) is 6.72. The summed E-state index contributed by atoms with van der Waals surface area (Å²) in [7, 11) is -1.03. The van der Waals surface area contributed by atoms with Crippen molar-refractivity contribution in [2.75, 3.05) is 25.0 Å². The Kier molecular flexibility index (Phi) is 9.17. The van der Waals surface area contributed by atoms with E-state index in [1.165, 1.54) is 24.1 Å². The van der Waals surface area contributed by atoms with Gasteiger partial charge in [0.25, 0.3) is 10.0 Å². The van der Waals surface area contributed by atoms with Crippen molar-refractivity contribution in [1.29, 1.82) is 0 Å². The molecule has 0 aliphatic heterocycles. The van der Waals surface area contributed by atoms with Crippen LogP contribution in [0.25, 0.3) is 0 Å². The van der Waals surface area contributed by atoms with Crippen molar-refractivity contribution in [3.63, 3.8) is 0 Å². The van der Waals surface area contributed by atoms with Gasteiger partial charge >= 0.3 is 0 Å². The van der Waals surface area contributed by atoms with Gasteiger partial charge in [-0.15, -0.1) is 0 Å².